The van der Waals surface area contributed by atoms with E-state index in [1.165, 1.54) is 0 Å². The summed E-state index contributed by atoms with van der Waals surface area (Å²) in [6, 6.07) is 14.9. The third kappa shape index (κ3) is 4.44. The summed E-state index contributed by atoms with van der Waals surface area (Å²) >= 11 is 0. The Bertz CT molecular complexity index is 838. The molecule has 140 valence electrons. The minimum absolute atomic E-state index is 0.166. The molecule has 0 saturated carbocycles. The number of benzene rings is 2. The minimum Gasteiger partial charge on any atom is -0.368 e. The van der Waals surface area contributed by atoms with Crippen molar-refractivity contribution in [3.63, 3.8) is 0 Å². The zero-order chi connectivity index (χ0) is 19.2. The highest BCUT2D eigenvalue weighted by Crippen LogP contribution is 2.26. The lowest BCUT2D eigenvalue weighted by Gasteiger charge is -2.29. The van der Waals surface area contributed by atoms with Crippen LogP contribution in [0.15, 0.2) is 54.6 Å². The van der Waals surface area contributed by atoms with E-state index in [9.17, 15) is 14.4 Å². The molecule has 2 aromatic rings. The molecule has 4 N–H and O–H groups in total. The maximum absolute atomic E-state index is 12.5. The van der Waals surface area contributed by atoms with Gasteiger partial charge in [-0.15, -0.1) is 0 Å². The number of amides is 4. The second-order valence-electron chi connectivity index (χ2n) is 6.35. The van der Waals surface area contributed by atoms with Crippen molar-refractivity contribution in [3.05, 3.63) is 65.7 Å². The zero-order valence-electron chi connectivity index (χ0n) is 14.9. The Hall–Kier alpha value is -3.35. The standard InChI is InChI=1S/C20H22N4O3/c21-19(26)18(15-8-2-1-3-9-15)23-20(27)22-13-17(25)24-12-6-10-14-7-4-5-11-16(14)24/h1-5,7-9,11,18H,6,10,12-13H2,(H2,21,26)(H2,22,23,27)/t18-/m0/s1. The summed E-state index contributed by atoms with van der Waals surface area (Å²) in [5, 5.41) is 5.03. The highest BCUT2D eigenvalue weighted by molar-refractivity contribution is 5.98. The first-order chi connectivity index (χ1) is 13.1. The molecule has 7 heteroatoms. The van der Waals surface area contributed by atoms with Crippen LogP contribution in [0, 0.1) is 0 Å². The number of carbonyl (C=O) groups excluding carboxylic acids is 3. The first-order valence-corrected chi connectivity index (χ1v) is 8.83. The van der Waals surface area contributed by atoms with Gasteiger partial charge >= 0.3 is 6.03 Å². The molecule has 4 amide bonds. The smallest absolute Gasteiger partial charge is 0.316 e. The van der Waals surface area contributed by atoms with Gasteiger partial charge in [0, 0.05) is 12.2 Å². The number of rotatable bonds is 5. The van der Waals surface area contributed by atoms with Gasteiger partial charge in [0.05, 0.1) is 6.54 Å². The number of anilines is 1. The van der Waals surface area contributed by atoms with Gasteiger partial charge in [-0.05, 0) is 30.0 Å². The summed E-state index contributed by atoms with van der Waals surface area (Å²) in [5.41, 5.74) is 7.98. The van der Waals surface area contributed by atoms with E-state index in [1.54, 1.807) is 35.2 Å². The molecule has 0 saturated heterocycles. The molecule has 0 fully saturated rings. The second kappa shape index (κ2) is 8.35. The largest absolute Gasteiger partial charge is 0.368 e. The number of hydrogen-bond donors (Lipinski definition) is 3. The Morgan fingerprint density at radius 1 is 1.04 bits per heavy atom. The topological polar surface area (TPSA) is 105 Å². The molecule has 0 spiro atoms. The number of nitrogens with two attached hydrogens (primary N) is 1. The van der Waals surface area contributed by atoms with E-state index in [-0.39, 0.29) is 12.5 Å². The number of nitrogens with one attached hydrogen (secondary N) is 2. The Labute approximate surface area is 157 Å². The molecule has 1 heterocycles. The number of primary amides is 1. The van der Waals surface area contributed by atoms with Gasteiger partial charge in [-0.3, -0.25) is 9.59 Å². The number of para-hydroxylation sites is 1. The molecular weight excluding hydrogens is 344 g/mol. The Balaban J connectivity index is 1.59. The third-order valence-electron chi connectivity index (χ3n) is 4.50. The van der Waals surface area contributed by atoms with E-state index in [2.05, 4.69) is 10.6 Å². The maximum Gasteiger partial charge on any atom is 0.316 e. The van der Waals surface area contributed by atoms with E-state index in [1.807, 2.05) is 24.3 Å². The van der Waals surface area contributed by atoms with Gasteiger partial charge in [-0.1, -0.05) is 48.5 Å². The lowest BCUT2D eigenvalue weighted by molar-refractivity contribution is -0.120. The van der Waals surface area contributed by atoms with Crippen LogP contribution < -0.4 is 21.3 Å². The molecule has 1 aliphatic heterocycles. The second-order valence-corrected chi connectivity index (χ2v) is 6.35. The van der Waals surface area contributed by atoms with E-state index in [0.29, 0.717) is 12.1 Å². The summed E-state index contributed by atoms with van der Waals surface area (Å²) in [7, 11) is 0. The summed E-state index contributed by atoms with van der Waals surface area (Å²) in [5.74, 6) is -0.875. The van der Waals surface area contributed by atoms with E-state index in [0.717, 1.165) is 24.1 Å². The van der Waals surface area contributed by atoms with Crippen LogP contribution in [0.4, 0.5) is 10.5 Å². The highest BCUT2D eigenvalue weighted by Gasteiger charge is 2.24. The average molecular weight is 366 g/mol. The molecule has 0 bridgehead atoms. The Morgan fingerprint density at radius 3 is 2.48 bits per heavy atom. The summed E-state index contributed by atoms with van der Waals surface area (Å²) in [6.07, 6.45) is 1.82. The SMILES string of the molecule is NC(=O)[C@@H](NC(=O)NCC(=O)N1CCCc2ccccc21)c1ccccc1. The fraction of sp³-hybridized carbons (Fsp3) is 0.250. The first-order valence-electron chi connectivity index (χ1n) is 8.83. The van der Waals surface area contributed by atoms with Crippen molar-refractivity contribution in [3.8, 4) is 0 Å². The molecule has 1 atom stereocenters. The van der Waals surface area contributed by atoms with Crippen LogP contribution in [0.5, 0.6) is 0 Å². The van der Waals surface area contributed by atoms with E-state index < -0.39 is 18.0 Å². The summed E-state index contributed by atoms with van der Waals surface area (Å²) in [6.45, 7) is 0.452. The fourth-order valence-electron chi connectivity index (χ4n) is 3.19. The fourth-order valence-corrected chi connectivity index (χ4v) is 3.19. The monoisotopic (exact) mass is 366 g/mol. The number of urea groups is 1. The predicted octanol–water partition coefficient (Wildman–Crippen LogP) is 1.49. The maximum atomic E-state index is 12.5. The van der Waals surface area contributed by atoms with Gasteiger partial charge in [0.1, 0.15) is 6.04 Å². The number of nitrogens with zero attached hydrogens (tertiary/aromatic N) is 1. The van der Waals surface area contributed by atoms with Gasteiger partial charge in [-0.2, -0.15) is 0 Å². The lowest BCUT2D eigenvalue weighted by Crippen LogP contribution is -2.47. The summed E-state index contributed by atoms with van der Waals surface area (Å²) in [4.78, 5) is 38.1. The quantitative estimate of drug-likeness (QED) is 0.747. The first kappa shape index (κ1) is 18.4. The molecule has 0 aromatic heterocycles. The van der Waals surface area contributed by atoms with Crippen molar-refractivity contribution in [1.29, 1.82) is 0 Å². The van der Waals surface area contributed by atoms with Gasteiger partial charge < -0.3 is 21.3 Å². The number of carbonyl (C=O) groups is 3. The van der Waals surface area contributed by atoms with Crippen LogP contribution in [-0.4, -0.2) is 30.9 Å². The van der Waals surface area contributed by atoms with Crippen LogP contribution in [-0.2, 0) is 16.0 Å². The van der Waals surface area contributed by atoms with Gasteiger partial charge in [-0.25, -0.2) is 4.79 Å². The van der Waals surface area contributed by atoms with Crippen LogP contribution in [0.3, 0.4) is 0 Å². The van der Waals surface area contributed by atoms with Crippen molar-refractivity contribution in [2.24, 2.45) is 5.73 Å². The van der Waals surface area contributed by atoms with Gasteiger partial charge in [0.25, 0.3) is 0 Å². The van der Waals surface area contributed by atoms with Gasteiger partial charge in [0.15, 0.2) is 0 Å². The van der Waals surface area contributed by atoms with Crippen LogP contribution in [0.25, 0.3) is 0 Å². The molecule has 0 radical (unpaired) electrons. The normalized spacial score (nSPS) is 14.0. The van der Waals surface area contributed by atoms with Gasteiger partial charge in [0.2, 0.25) is 11.8 Å². The Kier molecular flexibility index (Phi) is 5.71. The molecule has 27 heavy (non-hydrogen) atoms. The van der Waals surface area contributed by atoms with Crippen molar-refractivity contribution >= 4 is 23.5 Å². The average Bonchev–Trinajstić information content (AvgIpc) is 2.70. The van der Waals surface area contributed by atoms with Crippen LogP contribution in [0.1, 0.15) is 23.6 Å². The number of fused-ring (bicyclic) bond motifs is 1. The third-order valence-corrected chi connectivity index (χ3v) is 4.50. The highest BCUT2D eigenvalue weighted by atomic mass is 16.2. The predicted molar refractivity (Wildman–Crippen MR) is 102 cm³/mol. The van der Waals surface area contributed by atoms with Crippen molar-refractivity contribution in [2.45, 2.75) is 18.9 Å². The molecule has 7 nitrogen and oxygen atoms in total. The summed E-state index contributed by atoms with van der Waals surface area (Å²) < 4.78 is 0. The lowest BCUT2D eigenvalue weighted by atomic mass is 10.0. The van der Waals surface area contributed by atoms with Crippen LogP contribution in [0.2, 0.25) is 0 Å². The molecule has 0 unspecified atom stereocenters. The van der Waals surface area contributed by atoms with Crippen molar-refractivity contribution < 1.29 is 14.4 Å². The molecular formula is C20H22N4O3. The Morgan fingerprint density at radius 2 is 1.74 bits per heavy atom. The minimum atomic E-state index is -0.961. The molecule has 1 aliphatic rings. The number of aryl methyl sites for hydroxylation is 1. The molecule has 0 aliphatic carbocycles. The molecule has 2 aromatic carbocycles. The van der Waals surface area contributed by atoms with E-state index >= 15 is 0 Å². The molecule has 3 rings (SSSR count). The number of hydrogen-bond acceptors (Lipinski definition) is 3. The van der Waals surface area contributed by atoms with Crippen molar-refractivity contribution in [2.75, 3.05) is 18.0 Å². The van der Waals surface area contributed by atoms with Crippen LogP contribution >= 0.6 is 0 Å². The zero-order valence-corrected chi connectivity index (χ0v) is 14.9. The van der Waals surface area contributed by atoms with Crippen molar-refractivity contribution in [1.82, 2.24) is 10.6 Å². The van der Waals surface area contributed by atoms with E-state index in [4.69, 9.17) is 5.73 Å².